The molecule has 1 aromatic rings. The molecule has 0 spiro atoms. The third kappa shape index (κ3) is 3.68. The van der Waals surface area contributed by atoms with Gasteiger partial charge in [-0.2, -0.15) is 0 Å². The van der Waals surface area contributed by atoms with Crippen LogP contribution in [0.2, 0.25) is 0 Å². The predicted octanol–water partition coefficient (Wildman–Crippen LogP) is 1.24. The number of aliphatic hydroxyl groups is 2. The lowest BCUT2D eigenvalue weighted by Gasteiger charge is -2.24. The van der Waals surface area contributed by atoms with Crippen LogP contribution >= 0.6 is 0 Å². The number of benzene rings is 1. The Bertz CT molecular complexity index is 400. The van der Waals surface area contributed by atoms with E-state index in [9.17, 15) is 15.0 Å². The fourth-order valence-electron chi connectivity index (χ4n) is 1.62. The highest BCUT2D eigenvalue weighted by Crippen LogP contribution is 2.22. The Labute approximate surface area is 107 Å². The lowest BCUT2D eigenvalue weighted by atomic mass is 9.94. The summed E-state index contributed by atoms with van der Waals surface area (Å²) in [5.74, 6) is -1.01. The summed E-state index contributed by atoms with van der Waals surface area (Å²) >= 11 is 0. The minimum atomic E-state index is -0.776. The normalized spacial score (nSPS) is 13.7. The van der Waals surface area contributed by atoms with Gasteiger partial charge in [-0.05, 0) is 12.5 Å². The monoisotopic (exact) mass is 250 g/mol. The van der Waals surface area contributed by atoms with E-state index < -0.39 is 18.0 Å². The molecule has 1 aromatic carbocycles. The number of esters is 1. The van der Waals surface area contributed by atoms with Gasteiger partial charge in [0.1, 0.15) is 6.10 Å². The maximum absolute atomic E-state index is 11.4. The van der Waals surface area contributed by atoms with Gasteiger partial charge >= 0.3 is 5.97 Å². The van der Waals surface area contributed by atoms with Crippen molar-refractivity contribution in [2.45, 2.75) is 18.9 Å². The number of carbonyl (C=O) groups excluding carboxylic acids is 1. The van der Waals surface area contributed by atoms with Crippen molar-refractivity contribution >= 4 is 5.97 Å². The van der Waals surface area contributed by atoms with Crippen molar-refractivity contribution in [3.05, 3.63) is 48.0 Å². The average Bonchev–Trinajstić information content (AvgIpc) is 2.39. The summed E-state index contributed by atoms with van der Waals surface area (Å²) in [6.07, 6.45) is -0.776. The van der Waals surface area contributed by atoms with Crippen LogP contribution in [-0.4, -0.2) is 35.5 Å². The van der Waals surface area contributed by atoms with Gasteiger partial charge in [0.2, 0.25) is 0 Å². The third-order valence-electron chi connectivity index (χ3n) is 2.66. The van der Waals surface area contributed by atoms with E-state index in [1.54, 1.807) is 0 Å². The van der Waals surface area contributed by atoms with Crippen molar-refractivity contribution in [3.8, 4) is 0 Å². The van der Waals surface area contributed by atoms with Crippen molar-refractivity contribution in [3.63, 3.8) is 0 Å². The highest BCUT2D eigenvalue weighted by Gasteiger charge is 2.25. The predicted molar refractivity (Wildman–Crippen MR) is 68.0 cm³/mol. The maximum Gasteiger partial charge on any atom is 0.333 e. The van der Waals surface area contributed by atoms with E-state index in [4.69, 9.17) is 4.74 Å². The molecule has 1 rings (SSSR count). The van der Waals surface area contributed by atoms with E-state index in [-0.39, 0.29) is 18.8 Å². The standard InChI is InChI=1S/C14H18O4/c1-10(2)14(17)18-13(9-16)12(8-15)11-6-4-3-5-7-11/h3-7,12-13,15-16H,1,8-9H2,2H3. The minimum absolute atomic E-state index is 0.210. The van der Waals surface area contributed by atoms with Crippen LogP contribution in [0.1, 0.15) is 18.4 Å². The molecule has 0 saturated heterocycles. The first-order valence-corrected chi connectivity index (χ1v) is 5.73. The molecule has 0 bridgehead atoms. The SMILES string of the molecule is C=C(C)C(=O)OC(CO)C(CO)c1ccccc1. The van der Waals surface area contributed by atoms with Crippen LogP contribution in [0.4, 0.5) is 0 Å². The van der Waals surface area contributed by atoms with Crippen molar-refractivity contribution in [2.75, 3.05) is 13.2 Å². The van der Waals surface area contributed by atoms with Crippen LogP contribution in [0.25, 0.3) is 0 Å². The van der Waals surface area contributed by atoms with Gasteiger partial charge in [-0.15, -0.1) is 0 Å². The first kappa shape index (κ1) is 14.4. The summed E-state index contributed by atoms with van der Waals surface area (Å²) in [4.78, 5) is 11.4. The number of rotatable bonds is 6. The minimum Gasteiger partial charge on any atom is -0.456 e. The van der Waals surface area contributed by atoms with Crippen LogP contribution in [0.15, 0.2) is 42.5 Å². The van der Waals surface area contributed by atoms with Gasteiger partial charge in [-0.3, -0.25) is 0 Å². The number of hydrogen-bond donors (Lipinski definition) is 2. The van der Waals surface area contributed by atoms with Crippen molar-refractivity contribution in [2.24, 2.45) is 0 Å². The molecular weight excluding hydrogens is 232 g/mol. The quantitative estimate of drug-likeness (QED) is 0.589. The molecule has 0 heterocycles. The summed E-state index contributed by atoms with van der Waals surface area (Å²) in [5, 5.41) is 18.7. The highest BCUT2D eigenvalue weighted by molar-refractivity contribution is 5.87. The molecule has 2 unspecified atom stereocenters. The van der Waals surface area contributed by atoms with Crippen molar-refractivity contribution < 1.29 is 19.7 Å². The highest BCUT2D eigenvalue weighted by atomic mass is 16.6. The van der Waals surface area contributed by atoms with Crippen LogP contribution in [0.5, 0.6) is 0 Å². The second-order valence-electron chi connectivity index (χ2n) is 4.11. The fraction of sp³-hybridized carbons (Fsp3) is 0.357. The van der Waals surface area contributed by atoms with Crippen molar-refractivity contribution in [1.29, 1.82) is 0 Å². The van der Waals surface area contributed by atoms with E-state index >= 15 is 0 Å². The molecule has 0 fully saturated rings. The van der Waals surface area contributed by atoms with E-state index in [0.717, 1.165) is 5.56 Å². The zero-order valence-corrected chi connectivity index (χ0v) is 10.4. The summed E-state index contributed by atoms with van der Waals surface area (Å²) in [5.41, 5.74) is 1.08. The van der Waals surface area contributed by atoms with Crippen LogP contribution < -0.4 is 0 Å². The Kier molecular flexibility index (Phi) is 5.55. The molecule has 4 heteroatoms. The molecule has 4 nitrogen and oxygen atoms in total. The Balaban J connectivity index is 2.84. The summed E-state index contributed by atoms with van der Waals surface area (Å²) in [6, 6.07) is 9.14. The third-order valence-corrected chi connectivity index (χ3v) is 2.66. The summed E-state index contributed by atoms with van der Waals surface area (Å²) < 4.78 is 5.12. The molecule has 2 N–H and O–H groups in total. The number of hydrogen-bond acceptors (Lipinski definition) is 4. The molecule has 0 aromatic heterocycles. The van der Waals surface area contributed by atoms with Crippen LogP contribution in [-0.2, 0) is 9.53 Å². The second kappa shape index (κ2) is 6.93. The largest absolute Gasteiger partial charge is 0.456 e. The van der Waals surface area contributed by atoms with E-state index in [2.05, 4.69) is 6.58 Å². The van der Waals surface area contributed by atoms with Crippen LogP contribution in [0.3, 0.4) is 0 Å². The zero-order chi connectivity index (χ0) is 13.5. The molecule has 98 valence electrons. The van der Waals surface area contributed by atoms with Gasteiger partial charge in [-0.1, -0.05) is 36.9 Å². The van der Waals surface area contributed by atoms with Gasteiger partial charge in [0.05, 0.1) is 13.2 Å². The molecule has 18 heavy (non-hydrogen) atoms. The van der Waals surface area contributed by atoms with Gasteiger partial charge in [0.25, 0.3) is 0 Å². The average molecular weight is 250 g/mol. The lowest BCUT2D eigenvalue weighted by Crippen LogP contribution is -2.31. The number of aliphatic hydroxyl groups excluding tert-OH is 2. The number of ether oxygens (including phenoxy) is 1. The van der Waals surface area contributed by atoms with E-state index in [0.29, 0.717) is 0 Å². The summed E-state index contributed by atoms with van der Waals surface area (Å²) in [7, 11) is 0. The lowest BCUT2D eigenvalue weighted by molar-refractivity contribution is -0.148. The first-order chi connectivity index (χ1) is 8.60. The molecule has 0 aliphatic carbocycles. The molecule has 0 aliphatic heterocycles. The van der Waals surface area contributed by atoms with Gasteiger partial charge in [-0.25, -0.2) is 4.79 Å². The van der Waals surface area contributed by atoms with Crippen LogP contribution in [0, 0.1) is 0 Å². The molecule has 0 radical (unpaired) electrons. The van der Waals surface area contributed by atoms with Gasteiger partial charge < -0.3 is 14.9 Å². The first-order valence-electron chi connectivity index (χ1n) is 5.73. The zero-order valence-electron chi connectivity index (χ0n) is 10.4. The smallest absolute Gasteiger partial charge is 0.333 e. The number of carbonyl (C=O) groups is 1. The molecule has 0 saturated carbocycles. The second-order valence-corrected chi connectivity index (χ2v) is 4.11. The van der Waals surface area contributed by atoms with Crippen molar-refractivity contribution in [1.82, 2.24) is 0 Å². The van der Waals surface area contributed by atoms with E-state index in [1.165, 1.54) is 6.92 Å². The Hall–Kier alpha value is -1.65. The summed E-state index contributed by atoms with van der Waals surface area (Å²) in [6.45, 7) is 4.46. The molecule has 0 aliphatic rings. The molecule has 2 atom stereocenters. The Morgan fingerprint density at radius 2 is 1.89 bits per heavy atom. The molecule has 0 amide bonds. The van der Waals surface area contributed by atoms with E-state index in [1.807, 2.05) is 30.3 Å². The maximum atomic E-state index is 11.4. The molecular formula is C14H18O4. The van der Waals surface area contributed by atoms with Gasteiger partial charge in [0.15, 0.2) is 0 Å². The Morgan fingerprint density at radius 1 is 1.28 bits per heavy atom. The van der Waals surface area contributed by atoms with Gasteiger partial charge in [0, 0.05) is 11.5 Å². The topological polar surface area (TPSA) is 66.8 Å². The fourth-order valence-corrected chi connectivity index (χ4v) is 1.62. The Morgan fingerprint density at radius 3 is 2.33 bits per heavy atom.